The number of allylic oxidation sites excluding steroid dienone is 1. The Balaban J connectivity index is 3.08. The number of hydrogen-bond donors (Lipinski definition) is 1. The summed E-state index contributed by atoms with van der Waals surface area (Å²) in [7, 11) is 0. The van der Waals surface area contributed by atoms with Gasteiger partial charge in [0.15, 0.2) is 16.9 Å². The summed E-state index contributed by atoms with van der Waals surface area (Å²) in [6.07, 6.45) is 1.33. The van der Waals surface area contributed by atoms with Crippen molar-refractivity contribution in [3.05, 3.63) is 11.1 Å². The normalized spacial score (nSPS) is 23.9. The van der Waals surface area contributed by atoms with Crippen molar-refractivity contribution in [1.29, 1.82) is 0 Å². The maximum atomic E-state index is 11.4. The molecule has 80 valence electrons. The molecule has 1 aliphatic rings. The monoisotopic (exact) mass is 216 g/mol. The van der Waals surface area contributed by atoms with Crippen LogP contribution in [0.4, 0.5) is 0 Å². The molecule has 0 heterocycles. The van der Waals surface area contributed by atoms with E-state index in [1.54, 1.807) is 6.92 Å². The number of ketones is 1. The fraction of sp³-hybridized carbons (Fsp3) is 0.700. The molecule has 0 aromatic carbocycles. The van der Waals surface area contributed by atoms with Gasteiger partial charge < -0.3 is 4.55 Å². The molecular weight excluding hydrogens is 200 g/mol. The van der Waals surface area contributed by atoms with Crippen LogP contribution in [0.2, 0.25) is 0 Å². The van der Waals surface area contributed by atoms with E-state index >= 15 is 0 Å². The Morgan fingerprint density at radius 2 is 2.07 bits per heavy atom. The largest absolute Gasteiger partial charge is 0.306 e. The molecule has 0 spiro atoms. The topological polar surface area (TPSA) is 54.4 Å². The number of rotatable bonds is 2. The maximum Gasteiger partial charge on any atom is 0.158 e. The molecular formula is C10H16O3S. The van der Waals surface area contributed by atoms with E-state index in [1.165, 1.54) is 0 Å². The van der Waals surface area contributed by atoms with Crippen LogP contribution >= 0.6 is 0 Å². The van der Waals surface area contributed by atoms with Gasteiger partial charge in [-0.15, -0.1) is 0 Å². The van der Waals surface area contributed by atoms with Gasteiger partial charge in [0.1, 0.15) is 0 Å². The van der Waals surface area contributed by atoms with Gasteiger partial charge in [-0.1, -0.05) is 13.8 Å². The van der Waals surface area contributed by atoms with Gasteiger partial charge in [0, 0.05) is 6.42 Å². The van der Waals surface area contributed by atoms with Gasteiger partial charge in [-0.05, 0) is 29.9 Å². The van der Waals surface area contributed by atoms with Gasteiger partial charge in [-0.25, -0.2) is 4.21 Å². The van der Waals surface area contributed by atoms with E-state index in [2.05, 4.69) is 0 Å². The van der Waals surface area contributed by atoms with E-state index in [0.29, 0.717) is 12.0 Å². The third-order valence-electron chi connectivity index (χ3n) is 2.93. The minimum atomic E-state index is -1.86. The average molecular weight is 216 g/mol. The molecule has 0 bridgehead atoms. The van der Waals surface area contributed by atoms with Crippen LogP contribution in [0.15, 0.2) is 11.1 Å². The molecule has 4 heteroatoms. The first-order valence-corrected chi connectivity index (χ1v) is 5.93. The predicted octanol–water partition coefficient (Wildman–Crippen LogP) is 1.91. The second kappa shape index (κ2) is 3.95. The standard InChI is InChI=1S/C10H16O3S/c1-7-8(6-14(12)13)10(2,3)5-4-9(7)11/h4-6H2,1-3H3,(H,12,13). The van der Waals surface area contributed by atoms with E-state index < -0.39 is 11.1 Å². The molecule has 0 fully saturated rings. The fourth-order valence-corrected chi connectivity index (χ4v) is 2.72. The van der Waals surface area contributed by atoms with Gasteiger partial charge in [0.05, 0.1) is 5.75 Å². The molecule has 3 nitrogen and oxygen atoms in total. The third-order valence-corrected chi connectivity index (χ3v) is 3.47. The summed E-state index contributed by atoms with van der Waals surface area (Å²) in [5.74, 6) is 0.217. The van der Waals surface area contributed by atoms with Crippen LogP contribution in [-0.4, -0.2) is 20.3 Å². The predicted molar refractivity (Wildman–Crippen MR) is 56.4 cm³/mol. The summed E-state index contributed by atoms with van der Waals surface area (Å²) < 4.78 is 19.6. The van der Waals surface area contributed by atoms with Gasteiger partial charge in [0.25, 0.3) is 0 Å². The zero-order valence-corrected chi connectivity index (χ0v) is 9.61. The summed E-state index contributed by atoms with van der Waals surface area (Å²) in [6.45, 7) is 5.79. The Hall–Kier alpha value is -0.480. The Morgan fingerprint density at radius 1 is 1.50 bits per heavy atom. The van der Waals surface area contributed by atoms with E-state index in [1.807, 2.05) is 13.8 Å². The molecule has 0 saturated carbocycles. The van der Waals surface area contributed by atoms with Gasteiger partial charge >= 0.3 is 0 Å². The second-order valence-corrected chi connectivity index (χ2v) is 5.31. The SMILES string of the molecule is CC1=C(CS(=O)O)C(C)(C)CCC1=O. The number of hydrogen-bond acceptors (Lipinski definition) is 2. The highest BCUT2D eigenvalue weighted by atomic mass is 32.2. The molecule has 0 aliphatic heterocycles. The lowest BCUT2D eigenvalue weighted by Crippen LogP contribution is -2.28. The Bertz CT molecular complexity index is 315. The number of Topliss-reactive ketones (excluding diaryl/α,β-unsaturated/α-hetero) is 1. The molecule has 1 aliphatic carbocycles. The first-order valence-electron chi connectivity index (χ1n) is 4.65. The zero-order valence-electron chi connectivity index (χ0n) is 8.79. The fourth-order valence-electron chi connectivity index (χ4n) is 1.87. The molecule has 14 heavy (non-hydrogen) atoms. The summed E-state index contributed by atoms with van der Waals surface area (Å²) in [5.41, 5.74) is 1.41. The van der Waals surface area contributed by atoms with Crippen LogP contribution in [0.1, 0.15) is 33.6 Å². The van der Waals surface area contributed by atoms with Crippen molar-refractivity contribution >= 4 is 16.9 Å². The summed E-state index contributed by atoms with van der Waals surface area (Å²) in [5, 5.41) is 0. The van der Waals surface area contributed by atoms with Gasteiger partial charge in [-0.3, -0.25) is 4.79 Å². The zero-order chi connectivity index (χ0) is 10.9. The first kappa shape index (κ1) is 11.6. The van der Waals surface area contributed by atoms with Crippen LogP contribution in [0.25, 0.3) is 0 Å². The Labute approximate surface area is 86.9 Å². The lowest BCUT2D eigenvalue weighted by molar-refractivity contribution is -0.116. The van der Waals surface area contributed by atoms with E-state index in [9.17, 15) is 9.00 Å². The van der Waals surface area contributed by atoms with Crippen molar-refractivity contribution in [2.24, 2.45) is 5.41 Å². The minimum absolute atomic E-state index is 0.102. The second-order valence-electron chi connectivity index (χ2n) is 4.38. The quantitative estimate of drug-likeness (QED) is 0.717. The van der Waals surface area contributed by atoms with Crippen LogP contribution in [0.3, 0.4) is 0 Å². The Morgan fingerprint density at radius 3 is 2.57 bits per heavy atom. The molecule has 1 rings (SSSR count). The molecule has 1 atom stereocenters. The smallest absolute Gasteiger partial charge is 0.158 e. The summed E-state index contributed by atoms with van der Waals surface area (Å²) in [6, 6.07) is 0. The van der Waals surface area contributed by atoms with Gasteiger partial charge in [0.2, 0.25) is 0 Å². The molecule has 0 amide bonds. The van der Waals surface area contributed by atoms with Gasteiger partial charge in [-0.2, -0.15) is 0 Å². The minimum Gasteiger partial charge on any atom is -0.306 e. The number of carbonyl (C=O) groups is 1. The summed E-state index contributed by atoms with van der Waals surface area (Å²) in [4.78, 5) is 11.4. The van der Waals surface area contributed by atoms with E-state index in [4.69, 9.17) is 4.55 Å². The van der Waals surface area contributed by atoms with Crippen molar-refractivity contribution in [1.82, 2.24) is 0 Å². The Kier molecular flexibility index (Phi) is 3.27. The van der Waals surface area contributed by atoms with Crippen LogP contribution < -0.4 is 0 Å². The highest BCUT2D eigenvalue weighted by molar-refractivity contribution is 7.79. The molecule has 1 N–H and O–H groups in total. The molecule has 0 aromatic rings. The first-order chi connectivity index (χ1) is 6.34. The van der Waals surface area contributed by atoms with E-state index in [0.717, 1.165) is 12.0 Å². The lowest BCUT2D eigenvalue weighted by atomic mass is 9.73. The van der Waals surface area contributed by atoms with Crippen LogP contribution in [-0.2, 0) is 15.9 Å². The highest BCUT2D eigenvalue weighted by Gasteiger charge is 2.32. The molecule has 1 unspecified atom stereocenters. The maximum absolute atomic E-state index is 11.4. The van der Waals surface area contributed by atoms with Crippen molar-refractivity contribution in [2.75, 3.05) is 5.75 Å². The van der Waals surface area contributed by atoms with Crippen molar-refractivity contribution in [3.63, 3.8) is 0 Å². The average Bonchev–Trinajstić information content (AvgIpc) is 2.06. The third kappa shape index (κ3) is 2.30. The van der Waals surface area contributed by atoms with Crippen molar-refractivity contribution < 1.29 is 13.6 Å². The van der Waals surface area contributed by atoms with Crippen molar-refractivity contribution in [3.8, 4) is 0 Å². The van der Waals surface area contributed by atoms with Crippen molar-refractivity contribution in [2.45, 2.75) is 33.6 Å². The van der Waals surface area contributed by atoms with Crippen LogP contribution in [0, 0.1) is 5.41 Å². The molecule has 0 radical (unpaired) electrons. The molecule has 0 saturated heterocycles. The lowest BCUT2D eigenvalue weighted by Gasteiger charge is -2.33. The molecule has 0 aromatic heterocycles. The highest BCUT2D eigenvalue weighted by Crippen LogP contribution is 2.38. The number of carbonyl (C=O) groups excluding carboxylic acids is 1. The summed E-state index contributed by atoms with van der Waals surface area (Å²) >= 11 is -1.86. The van der Waals surface area contributed by atoms with E-state index in [-0.39, 0.29) is 17.0 Å². The van der Waals surface area contributed by atoms with Crippen LogP contribution in [0.5, 0.6) is 0 Å².